The monoisotopic (exact) mass is 298 g/mol. The van der Waals surface area contributed by atoms with E-state index in [0.717, 1.165) is 5.56 Å². The molecule has 1 aliphatic rings. The van der Waals surface area contributed by atoms with Crippen LogP contribution in [0.5, 0.6) is 0 Å². The number of hydrogen-bond acceptors (Lipinski definition) is 5. The van der Waals surface area contributed by atoms with Crippen LogP contribution >= 0.6 is 0 Å². The van der Waals surface area contributed by atoms with E-state index in [0.29, 0.717) is 0 Å². The van der Waals surface area contributed by atoms with Crippen molar-refractivity contribution in [2.45, 2.75) is 37.4 Å². The van der Waals surface area contributed by atoms with Crippen LogP contribution in [-0.2, 0) is 16.1 Å². The van der Waals surface area contributed by atoms with E-state index in [1.54, 1.807) is 12.1 Å². The van der Waals surface area contributed by atoms with Gasteiger partial charge in [0.1, 0.15) is 18.0 Å². The fourth-order valence-corrected chi connectivity index (χ4v) is 2.25. The first-order valence-electron chi connectivity index (χ1n) is 6.74. The second-order valence-corrected chi connectivity index (χ2v) is 5.04. The molecular formula is C14H19FN2O4. The highest BCUT2D eigenvalue weighted by Gasteiger charge is 2.42. The minimum Gasteiger partial charge on any atom is -0.388 e. The highest BCUT2D eigenvalue weighted by molar-refractivity contribution is 5.76. The SMILES string of the molecule is NC[C@H]1O[C@H](CC(=O)NCc2ccc(F)cc2)[C@@H](O)[C@@H]1O. The first kappa shape index (κ1) is 15.8. The van der Waals surface area contributed by atoms with Crippen molar-refractivity contribution in [3.05, 3.63) is 35.6 Å². The Morgan fingerprint density at radius 2 is 1.86 bits per heavy atom. The number of carbonyl (C=O) groups excluding carboxylic acids is 1. The van der Waals surface area contributed by atoms with Crippen LogP contribution in [0.25, 0.3) is 0 Å². The van der Waals surface area contributed by atoms with Crippen molar-refractivity contribution in [2.24, 2.45) is 5.73 Å². The molecule has 116 valence electrons. The van der Waals surface area contributed by atoms with Crippen LogP contribution in [0.2, 0.25) is 0 Å². The molecule has 1 aromatic carbocycles. The molecule has 1 aromatic rings. The van der Waals surface area contributed by atoms with Gasteiger partial charge in [0, 0.05) is 13.1 Å². The van der Waals surface area contributed by atoms with Gasteiger partial charge in [0.25, 0.3) is 0 Å². The van der Waals surface area contributed by atoms with Gasteiger partial charge in [0.2, 0.25) is 5.91 Å². The van der Waals surface area contributed by atoms with Crippen LogP contribution in [-0.4, -0.2) is 47.1 Å². The third-order valence-corrected chi connectivity index (χ3v) is 3.48. The number of hydrogen-bond donors (Lipinski definition) is 4. The standard InChI is InChI=1S/C14H19FN2O4/c15-9-3-1-8(2-4-9)7-17-12(18)5-10-13(19)14(20)11(6-16)21-10/h1-4,10-11,13-14,19-20H,5-7,16H2,(H,17,18)/t10-,11-,13-,14-/m1/s1. The Hall–Kier alpha value is -1.54. The zero-order valence-electron chi connectivity index (χ0n) is 11.4. The molecule has 0 aromatic heterocycles. The smallest absolute Gasteiger partial charge is 0.222 e. The van der Waals surface area contributed by atoms with E-state index in [4.69, 9.17) is 10.5 Å². The maximum Gasteiger partial charge on any atom is 0.222 e. The van der Waals surface area contributed by atoms with Crippen molar-refractivity contribution in [3.63, 3.8) is 0 Å². The van der Waals surface area contributed by atoms with E-state index in [9.17, 15) is 19.4 Å². The number of amides is 1. The van der Waals surface area contributed by atoms with Crippen molar-refractivity contribution in [1.82, 2.24) is 5.32 Å². The Morgan fingerprint density at radius 1 is 1.24 bits per heavy atom. The molecule has 6 nitrogen and oxygen atoms in total. The number of nitrogens with one attached hydrogen (secondary N) is 1. The van der Waals surface area contributed by atoms with Crippen LogP contribution in [0, 0.1) is 5.82 Å². The molecular weight excluding hydrogens is 279 g/mol. The van der Waals surface area contributed by atoms with Crippen molar-refractivity contribution >= 4 is 5.91 Å². The Labute approximate surface area is 121 Å². The summed E-state index contributed by atoms with van der Waals surface area (Å²) in [6.45, 7) is 0.330. The molecule has 5 N–H and O–H groups in total. The second-order valence-electron chi connectivity index (χ2n) is 5.04. The normalized spacial score (nSPS) is 28.6. The van der Waals surface area contributed by atoms with Crippen molar-refractivity contribution in [1.29, 1.82) is 0 Å². The molecule has 21 heavy (non-hydrogen) atoms. The van der Waals surface area contributed by atoms with E-state index in [1.165, 1.54) is 12.1 Å². The molecule has 0 unspecified atom stereocenters. The quantitative estimate of drug-likeness (QED) is 0.574. The van der Waals surface area contributed by atoms with Crippen molar-refractivity contribution in [2.75, 3.05) is 6.54 Å². The number of carbonyl (C=O) groups is 1. The molecule has 4 atom stereocenters. The summed E-state index contributed by atoms with van der Waals surface area (Å²) in [7, 11) is 0. The summed E-state index contributed by atoms with van der Waals surface area (Å²) in [6.07, 6.45) is -3.72. The third kappa shape index (κ3) is 3.98. The van der Waals surface area contributed by atoms with Crippen LogP contribution in [0.1, 0.15) is 12.0 Å². The summed E-state index contributed by atoms with van der Waals surface area (Å²) in [6, 6.07) is 5.77. The van der Waals surface area contributed by atoms with Crippen LogP contribution < -0.4 is 11.1 Å². The fourth-order valence-electron chi connectivity index (χ4n) is 2.25. The highest BCUT2D eigenvalue weighted by Crippen LogP contribution is 2.22. The minimum absolute atomic E-state index is 0.0735. The van der Waals surface area contributed by atoms with Gasteiger partial charge in [0.05, 0.1) is 18.6 Å². The molecule has 0 spiro atoms. The Bertz CT molecular complexity index is 482. The topological polar surface area (TPSA) is 105 Å². The maximum absolute atomic E-state index is 12.7. The van der Waals surface area contributed by atoms with Gasteiger partial charge in [0.15, 0.2) is 0 Å². The molecule has 1 heterocycles. The Kier molecular flexibility index (Phi) is 5.24. The lowest BCUT2D eigenvalue weighted by Crippen LogP contribution is -2.37. The first-order valence-corrected chi connectivity index (χ1v) is 6.74. The zero-order chi connectivity index (χ0) is 15.4. The molecule has 1 amide bonds. The zero-order valence-corrected chi connectivity index (χ0v) is 11.4. The third-order valence-electron chi connectivity index (χ3n) is 3.48. The Balaban J connectivity index is 1.81. The average molecular weight is 298 g/mol. The van der Waals surface area contributed by atoms with Gasteiger partial charge in [-0.2, -0.15) is 0 Å². The fraction of sp³-hybridized carbons (Fsp3) is 0.500. The summed E-state index contributed by atoms with van der Waals surface area (Å²) in [5.74, 6) is -0.664. The average Bonchev–Trinajstić information content (AvgIpc) is 2.74. The highest BCUT2D eigenvalue weighted by atomic mass is 19.1. The number of nitrogens with two attached hydrogens (primary N) is 1. The number of ether oxygens (including phenoxy) is 1. The van der Waals surface area contributed by atoms with Gasteiger partial charge in [-0.05, 0) is 17.7 Å². The predicted molar refractivity (Wildman–Crippen MR) is 72.6 cm³/mol. The largest absolute Gasteiger partial charge is 0.388 e. The Morgan fingerprint density at radius 3 is 2.43 bits per heavy atom. The summed E-state index contributed by atoms with van der Waals surface area (Å²) < 4.78 is 18.1. The maximum atomic E-state index is 12.7. The van der Waals surface area contributed by atoms with E-state index in [-0.39, 0.29) is 31.2 Å². The summed E-state index contributed by atoms with van der Waals surface area (Å²) in [5, 5.41) is 22.1. The molecule has 0 saturated carbocycles. The predicted octanol–water partition coefficient (Wildman–Crippen LogP) is -0.720. The molecule has 0 bridgehead atoms. The molecule has 2 rings (SSSR count). The number of halogens is 1. The van der Waals surface area contributed by atoms with Crippen molar-refractivity contribution in [3.8, 4) is 0 Å². The second kappa shape index (κ2) is 6.95. The summed E-state index contributed by atoms with van der Waals surface area (Å²) >= 11 is 0. The number of benzene rings is 1. The van der Waals surface area contributed by atoms with Crippen LogP contribution in [0.3, 0.4) is 0 Å². The van der Waals surface area contributed by atoms with Crippen LogP contribution in [0.4, 0.5) is 4.39 Å². The lowest BCUT2D eigenvalue weighted by atomic mass is 10.1. The summed E-state index contributed by atoms with van der Waals surface area (Å²) in [4.78, 5) is 11.8. The van der Waals surface area contributed by atoms with E-state index >= 15 is 0 Å². The number of aliphatic hydroxyl groups excluding tert-OH is 2. The van der Waals surface area contributed by atoms with Gasteiger partial charge in [-0.25, -0.2) is 4.39 Å². The molecule has 1 saturated heterocycles. The van der Waals surface area contributed by atoms with E-state index in [1.807, 2.05) is 0 Å². The molecule has 1 aliphatic heterocycles. The van der Waals surface area contributed by atoms with Gasteiger partial charge >= 0.3 is 0 Å². The molecule has 7 heteroatoms. The molecule has 1 fully saturated rings. The van der Waals surface area contributed by atoms with Crippen LogP contribution in [0.15, 0.2) is 24.3 Å². The van der Waals surface area contributed by atoms with Gasteiger partial charge in [-0.3, -0.25) is 4.79 Å². The van der Waals surface area contributed by atoms with Gasteiger partial charge < -0.3 is 26.0 Å². The minimum atomic E-state index is -1.13. The van der Waals surface area contributed by atoms with Gasteiger partial charge in [-0.1, -0.05) is 12.1 Å². The molecule has 0 radical (unpaired) electrons. The van der Waals surface area contributed by atoms with E-state index in [2.05, 4.69) is 5.32 Å². The number of aliphatic hydroxyl groups is 2. The van der Waals surface area contributed by atoms with Gasteiger partial charge in [-0.15, -0.1) is 0 Å². The summed E-state index contributed by atoms with van der Waals surface area (Å²) in [5.41, 5.74) is 6.16. The van der Waals surface area contributed by atoms with Crippen molar-refractivity contribution < 1.29 is 24.1 Å². The number of rotatable bonds is 5. The van der Waals surface area contributed by atoms with E-state index < -0.39 is 24.4 Å². The first-order chi connectivity index (χ1) is 10.0. The lowest BCUT2D eigenvalue weighted by Gasteiger charge is -2.14. The molecule has 0 aliphatic carbocycles. The lowest BCUT2D eigenvalue weighted by molar-refractivity contribution is -0.125.